The molecular weight excluding hydrogens is 519 g/mol. The van der Waals surface area contributed by atoms with E-state index in [0.717, 1.165) is 5.56 Å². The quantitative estimate of drug-likeness (QED) is 0.259. The summed E-state index contributed by atoms with van der Waals surface area (Å²) in [7, 11) is -3.77. The van der Waals surface area contributed by atoms with Crippen LogP contribution in [0.25, 0.3) is 0 Å². The third-order valence-electron chi connectivity index (χ3n) is 5.32. The lowest BCUT2D eigenvalue weighted by Gasteiger charge is -2.13. The Balaban J connectivity index is 1.53. The number of carbonyl (C=O) groups excluding carboxylic acids is 2. The fraction of sp³-hybridized carbons (Fsp3) is 0.0370. The lowest BCUT2D eigenvalue weighted by molar-refractivity contribution is 0.102. The molecule has 4 aromatic rings. The van der Waals surface area contributed by atoms with E-state index in [1.165, 1.54) is 48.5 Å². The van der Waals surface area contributed by atoms with Gasteiger partial charge in [0.25, 0.3) is 15.9 Å². The number of benzene rings is 4. The number of ketones is 1. The Morgan fingerprint density at radius 3 is 2.11 bits per heavy atom. The molecule has 2 N–H and O–H groups in total. The topological polar surface area (TPSA) is 92.3 Å². The minimum Gasteiger partial charge on any atom is -0.321 e. The van der Waals surface area contributed by atoms with E-state index in [1.54, 1.807) is 42.5 Å². The molecule has 0 saturated heterocycles. The molecule has 0 heterocycles. The molecule has 0 atom stereocenters. The van der Waals surface area contributed by atoms with Crippen molar-refractivity contribution in [1.82, 2.24) is 0 Å². The van der Waals surface area contributed by atoms with Crippen LogP contribution < -0.4 is 10.0 Å². The average molecular weight is 539 g/mol. The van der Waals surface area contributed by atoms with E-state index < -0.39 is 15.9 Å². The first-order valence-electron chi connectivity index (χ1n) is 10.7. The summed E-state index contributed by atoms with van der Waals surface area (Å²) < 4.78 is 27.7. The molecule has 0 aliphatic carbocycles. The molecule has 0 aromatic heterocycles. The van der Waals surface area contributed by atoms with Gasteiger partial charge in [-0.05, 0) is 73.7 Å². The van der Waals surface area contributed by atoms with Crippen molar-refractivity contribution in [2.24, 2.45) is 0 Å². The van der Waals surface area contributed by atoms with Gasteiger partial charge in [0.2, 0.25) is 0 Å². The number of anilines is 2. The Kier molecular flexibility index (Phi) is 7.45. The molecule has 0 bridgehead atoms. The predicted octanol–water partition coefficient (Wildman–Crippen LogP) is 6.59. The van der Waals surface area contributed by atoms with Crippen LogP contribution in [0.4, 0.5) is 11.4 Å². The van der Waals surface area contributed by atoms with Crippen LogP contribution >= 0.6 is 23.2 Å². The summed E-state index contributed by atoms with van der Waals surface area (Å²) in [4.78, 5) is 26.2. The van der Waals surface area contributed by atoms with Gasteiger partial charge >= 0.3 is 0 Å². The second kappa shape index (κ2) is 10.5. The predicted molar refractivity (Wildman–Crippen MR) is 143 cm³/mol. The molecule has 1 amide bonds. The first-order valence-corrected chi connectivity index (χ1v) is 13.0. The monoisotopic (exact) mass is 538 g/mol. The molecule has 0 unspecified atom stereocenters. The first-order chi connectivity index (χ1) is 17.1. The fourth-order valence-electron chi connectivity index (χ4n) is 3.42. The maximum Gasteiger partial charge on any atom is 0.261 e. The maximum absolute atomic E-state index is 13.1. The summed E-state index contributed by atoms with van der Waals surface area (Å²) in [5.41, 5.74) is 2.24. The van der Waals surface area contributed by atoms with Crippen LogP contribution in [0.1, 0.15) is 31.8 Å². The summed E-state index contributed by atoms with van der Waals surface area (Å²) in [5, 5.41) is 3.33. The summed E-state index contributed by atoms with van der Waals surface area (Å²) in [6.45, 7) is 1.87. The highest BCUT2D eigenvalue weighted by atomic mass is 35.5. The van der Waals surface area contributed by atoms with Gasteiger partial charge in [-0.1, -0.05) is 53.0 Å². The van der Waals surface area contributed by atoms with Gasteiger partial charge in [0.15, 0.2) is 5.78 Å². The summed E-state index contributed by atoms with van der Waals surface area (Å²) in [6.07, 6.45) is 0. The molecule has 9 heteroatoms. The maximum atomic E-state index is 13.1. The zero-order chi connectivity index (χ0) is 25.9. The number of nitrogens with one attached hydrogen (secondary N) is 2. The number of amides is 1. The largest absolute Gasteiger partial charge is 0.321 e. The lowest BCUT2D eigenvalue weighted by atomic mass is 10.0. The van der Waals surface area contributed by atoms with E-state index in [2.05, 4.69) is 10.0 Å². The second-order valence-electron chi connectivity index (χ2n) is 7.95. The van der Waals surface area contributed by atoms with Gasteiger partial charge in [-0.2, -0.15) is 0 Å². The second-order valence-corrected chi connectivity index (χ2v) is 10.5. The standard InChI is InChI=1S/C27H20Cl2N2O4S/c1-17-6-13-21(14-7-17)36(34,35)31-20-11-8-18(9-12-20)27(33)30-25-15-10-19(28)16-23(25)26(32)22-4-2-3-5-24(22)29/h2-16,31H,1H3,(H,30,33). The third-order valence-corrected chi connectivity index (χ3v) is 7.29. The number of hydrogen-bond acceptors (Lipinski definition) is 4. The van der Waals surface area contributed by atoms with Crippen LogP contribution in [0.15, 0.2) is 95.9 Å². The van der Waals surface area contributed by atoms with Crippen LogP contribution in [-0.4, -0.2) is 20.1 Å². The van der Waals surface area contributed by atoms with Gasteiger partial charge in [-0.15, -0.1) is 0 Å². The summed E-state index contributed by atoms with van der Waals surface area (Å²) in [6, 6.07) is 23.6. The Labute approximate surface area is 218 Å². The number of aryl methyl sites for hydroxylation is 1. The van der Waals surface area contributed by atoms with Gasteiger partial charge in [0.1, 0.15) is 0 Å². The smallest absolute Gasteiger partial charge is 0.261 e. The summed E-state index contributed by atoms with van der Waals surface area (Å²) in [5.74, 6) is -0.877. The van der Waals surface area contributed by atoms with Crippen molar-refractivity contribution in [3.05, 3.63) is 123 Å². The van der Waals surface area contributed by atoms with E-state index in [-0.39, 0.29) is 38.1 Å². The van der Waals surface area contributed by atoms with E-state index in [1.807, 2.05) is 6.92 Å². The molecule has 0 saturated carbocycles. The van der Waals surface area contributed by atoms with Gasteiger partial charge in [-0.25, -0.2) is 8.42 Å². The number of halogens is 2. The van der Waals surface area contributed by atoms with Crippen molar-refractivity contribution in [3.63, 3.8) is 0 Å². The molecule has 0 aliphatic rings. The molecule has 4 rings (SSSR count). The van der Waals surface area contributed by atoms with Crippen molar-refractivity contribution < 1.29 is 18.0 Å². The van der Waals surface area contributed by atoms with Crippen molar-refractivity contribution in [1.29, 1.82) is 0 Å². The molecule has 36 heavy (non-hydrogen) atoms. The van der Waals surface area contributed by atoms with E-state index >= 15 is 0 Å². The van der Waals surface area contributed by atoms with Crippen LogP contribution in [0.3, 0.4) is 0 Å². The average Bonchev–Trinajstić information content (AvgIpc) is 2.85. The van der Waals surface area contributed by atoms with Gasteiger partial charge < -0.3 is 5.32 Å². The van der Waals surface area contributed by atoms with Crippen LogP contribution in [0, 0.1) is 6.92 Å². The molecule has 0 spiro atoms. The Morgan fingerprint density at radius 1 is 0.778 bits per heavy atom. The highest BCUT2D eigenvalue weighted by molar-refractivity contribution is 7.92. The molecular formula is C27H20Cl2N2O4S. The fourth-order valence-corrected chi connectivity index (χ4v) is 4.87. The Bertz CT molecular complexity index is 1550. The van der Waals surface area contributed by atoms with Crippen LogP contribution in [0.2, 0.25) is 10.0 Å². The van der Waals surface area contributed by atoms with Gasteiger partial charge in [0.05, 0.1) is 15.6 Å². The number of rotatable bonds is 7. The van der Waals surface area contributed by atoms with E-state index in [0.29, 0.717) is 10.7 Å². The lowest BCUT2D eigenvalue weighted by Crippen LogP contribution is -2.16. The van der Waals surface area contributed by atoms with E-state index in [4.69, 9.17) is 23.2 Å². The Morgan fingerprint density at radius 2 is 1.44 bits per heavy atom. The zero-order valence-corrected chi connectivity index (χ0v) is 21.3. The zero-order valence-electron chi connectivity index (χ0n) is 19.0. The molecule has 0 radical (unpaired) electrons. The third kappa shape index (κ3) is 5.76. The van der Waals surface area contributed by atoms with Crippen molar-refractivity contribution >= 4 is 56.3 Å². The first kappa shape index (κ1) is 25.4. The van der Waals surface area contributed by atoms with Gasteiger partial charge in [-0.3, -0.25) is 14.3 Å². The van der Waals surface area contributed by atoms with Crippen molar-refractivity contribution in [2.45, 2.75) is 11.8 Å². The highest BCUT2D eigenvalue weighted by Crippen LogP contribution is 2.27. The van der Waals surface area contributed by atoms with Crippen LogP contribution in [0.5, 0.6) is 0 Å². The molecule has 182 valence electrons. The van der Waals surface area contributed by atoms with E-state index in [9.17, 15) is 18.0 Å². The molecule has 0 aliphatic heterocycles. The molecule has 0 fully saturated rings. The normalized spacial score (nSPS) is 11.1. The minimum atomic E-state index is -3.77. The minimum absolute atomic E-state index is 0.133. The highest BCUT2D eigenvalue weighted by Gasteiger charge is 2.19. The van der Waals surface area contributed by atoms with Crippen molar-refractivity contribution in [3.8, 4) is 0 Å². The SMILES string of the molecule is Cc1ccc(S(=O)(=O)Nc2ccc(C(=O)Nc3ccc(Cl)cc3C(=O)c3ccccc3Cl)cc2)cc1. The number of hydrogen-bond donors (Lipinski definition) is 2. The van der Waals surface area contributed by atoms with Crippen molar-refractivity contribution in [2.75, 3.05) is 10.0 Å². The van der Waals surface area contributed by atoms with Crippen LogP contribution in [-0.2, 0) is 10.0 Å². The molecule has 4 aromatic carbocycles. The number of carbonyl (C=O) groups is 2. The number of sulfonamides is 1. The Hall–Kier alpha value is -3.65. The molecule has 6 nitrogen and oxygen atoms in total. The van der Waals surface area contributed by atoms with Gasteiger partial charge in [0, 0.05) is 27.4 Å². The summed E-state index contributed by atoms with van der Waals surface area (Å²) >= 11 is 12.3.